The number of hydrogen-bond donors (Lipinski definition) is 1. The SMILES string of the molecule is COc1c(F)cc(Br)c(-c2cnoc2N)c1OC. The quantitative estimate of drug-likeness (QED) is 0.942. The van der Waals surface area contributed by atoms with Crippen LogP contribution in [0.25, 0.3) is 11.1 Å². The molecule has 0 bridgehead atoms. The topological polar surface area (TPSA) is 70.5 Å². The van der Waals surface area contributed by atoms with Crippen molar-refractivity contribution < 1.29 is 18.4 Å². The van der Waals surface area contributed by atoms with Crippen LogP contribution in [-0.2, 0) is 0 Å². The molecule has 2 aromatic rings. The molecule has 7 heteroatoms. The summed E-state index contributed by atoms with van der Waals surface area (Å²) in [6.45, 7) is 0. The van der Waals surface area contributed by atoms with Crippen molar-refractivity contribution in [2.45, 2.75) is 0 Å². The van der Waals surface area contributed by atoms with Crippen LogP contribution < -0.4 is 15.2 Å². The molecule has 0 amide bonds. The number of anilines is 1. The predicted molar refractivity (Wildman–Crippen MR) is 67.1 cm³/mol. The van der Waals surface area contributed by atoms with E-state index in [1.807, 2.05) is 0 Å². The molecule has 18 heavy (non-hydrogen) atoms. The van der Waals surface area contributed by atoms with E-state index in [0.717, 1.165) is 0 Å². The lowest BCUT2D eigenvalue weighted by Gasteiger charge is -2.14. The monoisotopic (exact) mass is 316 g/mol. The summed E-state index contributed by atoms with van der Waals surface area (Å²) < 4.78 is 29.2. The van der Waals surface area contributed by atoms with Gasteiger partial charge in [0.1, 0.15) is 0 Å². The van der Waals surface area contributed by atoms with Gasteiger partial charge in [-0.3, -0.25) is 0 Å². The summed E-state index contributed by atoms with van der Waals surface area (Å²) in [5, 5.41) is 3.58. The van der Waals surface area contributed by atoms with E-state index in [4.69, 9.17) is 19.7 Å². The van der Waals surface area contributed by atoms with Crippen LogP contribution >= 0.6 is 15.9 Å². The largest absolute Gasteiger partial charge is 0.492 e. The summed E-state index contributed by atoms with van der Waals surface area (Å²) in [7, 11) is 2.77. The van der Waals surface area contributed by atoms with Crippen LogP contribution in [0.1, 0.15) is 0 Å². The summed E-state index contributed by atoms with van der Waals surface area (Å²) >= 11 is 3.26. The third-order valence-electron chi connectivity index (χ3n) is 2.42. The number of aromatic nitrogens is 1. The van der Waals surface area contributed by atoms with Crippen LogP contribution in [0.2, 0.25) is 0 Å². The maximum absolute atomic E-state index is 13.7. The van der Waals surface area contributed by atoms with Gasteiger partial charge in [0.25, 0.3) is 0 Å². The van der Waals surface area contributed by atoms with E-state index in [9.17, 15) is 4.39 Å². The third kappa shape index (κ3) is 1.90. The smallest absolute Gasteiger partial charge is 0.230 e. The molecule has 0 aliphatic rings. The van der Waals surface area contributed by atoms with Crippen molar-refractivity contribution in [1.82, 2.24) is 5.16 Å². The second-order valence-corrected chi connectivity index (χ2v) is 4.24. The Bertz CT molecular complexity index is 586. The second kappa shape index (κ2) is 4.85. The first-order valence-electron chi connectivity index (χ1n) is 4.90. The van der Waals surface area contributed by atoms with E-state index in [1.165, 1.54) is 26.5 Å². The fraction of sp³-hybridized carbons (Fsp3) is 0.182. The van der Waals surface area contributed by atoms with Gasteiger partial charge in [-0.2, -0.15) is 0 Å². The van der Waals surface area contributed by atoms with E-state index < -0.39 is 5.82 Å². The molecule has 5 nitrogen and oxygen atoms in total. The molecule has 0 saturated carbocycles. The highest BCUT2D eigenvalue weighted by atomic mass is 79.9. The average Bonchev–Trinajstić information content (AvgIpc) is 2.74. The maximum atomic E-state index is 13.7. The summed E-state index contributed by atoms with van der Waals surface area (Å²) in [5.41, 5.74) is 6.67. The molecule has 0 aliphatic heterocycles. The van der Waals surface area contributed by atoms with Gasteiger partial charge in [0.15, 0.2) is 17.3 Å². The number of methoxy groups -OCH3 is 2. The minimum Gasteiger partial charge on any atom is -0.492 e. The van der Waals surface area contributed by atoms with Crippen molar-refractivity contribution >= 4 is 21.8 Å². The number of halogens is 2. The molecule has 1 aromatic heterocycles. The average molecular weight is 317 g/mol. The molecule has 0 spiro atoms. The fourth-order valence-electron chi connectivity index (χ4n) is 1.65. The lowest BCUT2D eigenvalue weighted by atomic mass is 10.1. The minimum atomic E-state index is -0.542. The zero-order valence-electron chi connectivity index (χ0n) is 9.66. The molecule has 0 aliphatic carbocycles. The Morgan fingerprint density at radius 1 is 1.33 bits per heavy atom. The molecular formula is C11H10BrFN2O3. The minimum absolute atomic E-state index is 0.00343. The Balaban J connectivity index is 2.78. The fourth-order valence-corrected chi connectivity index (χ4v) is 2.25. The number of nitrogen functional groups attached to an aromatic ring is 1. The maximum Gasteiger partial charge on any atom is 0.230 e. The summed E-state index contributed by atoms with van der Waals surface area (Å²) in [6, 6.07) is 1.27. The van der Waals surface area contributed by atoms with E-state index in [0.29, 0.717) is 15.6 Å². The van der Waals surface area contributed by atoms with Gasteiger partial charge in [-0.15, -0.1) is 0 Å². The van der Waals surface area contributed by atoms with Crippen molar-refractivity contribution in [3.8, 4) is 22.6 Å². The molecule has 96 valence electrons. The Labute approximate surface area is 111 Å². The van der Waals surface area contributed by atoms with Crippen molar-refractivity contribution in [2.75, 3.05) is 20.0 Å². The van der Waals surface area contributed by atoms with E-state index in [2.05, 4.69) is 21.1 Å². The number of ether oxygens (including phenoxy) is 2. The molecular weight excluding hydrogens is 307 g/mol. The molecule has 1 heterocycles. The predicted octanol–water partition coefficient (Wildman–Crippen LogP) is 2.84. The van der Waals surface area contributed by atoms with Crippen LogP contribution in [0.15, 0.2) is 21.3 Å². The first-order valence-corrected chi connectivity index (χ1v) is 5.70. The molecule has 2 N–H and O–H groups in total. The lowest BCUT2D eigenvalue weighted by Crippen LogP contribution is -1.98. The Morgan fingerprint density at radius 3 is 2.50 bits per heavy atom. The van der Waals surface area contributed by atoms with Gasteiger partial charge < -0.3 is 19.7 Å². The zero-order chi connectivity index (χ0) is 13.3. The number of benzene rings is 1. The van der Waals surface area contributed by atoms with Gasteiger partial charge >= 0.3 is 0 Å². The molecule has 0 atom stereocenters. The van der Waals surface area contributed by atoms with Gasteiger partial charge in [0.05, 0.1) is 26.0 Å². The molecule has 0 unspecified atom stereocenters. The standard InChI is InChI=1S/C11H10BrFN2O3/c1-16-9-7(13)3-6(12)8(10(9)17-2)5-4-15-18-11(5)14/h3-4H,14H2,1-2H3. The number of hydrogen-bond acceptors (Lipinski definition) is 5. The summed E-state index contributed by atoms with van der Waals surface area (Å²) in [4.78, 5) is 0. The van der Waals surface area contributed by atoms with E-state index in [-0.39, 0.29) is 17.4 Å². The lowest BCUT2D eigenvalue weighted by molar-refractivity contribution is 0.338. The molecule has 0 radical (unpaired) electrons. The summed E-state index contributed by atoms with van der Waals surface area (Å²) in [6.07, 6.45) is 1.43. The van der Waals surface area contributed by atoms with Crippen LogP contribution in [0.3, 0.4) is 0 Å². The molecule has 0 saturated heterocycles. The van der Waals surface area contributed by atoms with Crippen LogP contribution in [0.4, 0.5) is 10.3 Å². The first kappa shape index (κ1) is 12.7. The number of nitrogens with two attached hydrogens (primary N) is 1. The van der Waals surface area contributed by atoms with Crippen molar-refractivity contribution in [3.63, 3.8) is 0 Å². The van der Waals surface area contributed by atoms with Gasteiger partial charge in [-0.05, 0) is 22.0 Å². The third-order valence-corrected chi connectivity index (χ3v) is 3.04. The van der Waals surface area contributed by atoms with Crippen LogP contribution in [0, 0.1) is 5.82 Å². The van der Waals surface area contributed by atoms with Gasteiger partial charge in [0.2, 0.25) is 5.88 Å². The van der Waals surface area contributed by atoms with Crippen molar-refractivity contribution in [3.05, 3.63) is 22.6 Å². The number of nitrogens with zero attached hydrogens (tertiary/aromatic N) is 1. The zero-order valence-corrected chi connectivity index (χ0v) is 11.2. The van der Waals surface area contributed by atoms with E-state index in [1.54, 1.807) is 0 Å². The Kier molecular flexibility index (Phi) is 3.42. The first-order chi connectivity index (χ1) is 8.60. The van der Waals surface area contributed by atoms with Gasteiger partial charge in [-0.25, -0.2) is 4.39 Å². The normalized spacial score (nSPS) is 10.4. The molecule has 2 rings (SSSR count). The van der Waals surface area contributed by atoms with Gasteiger partial charge in [-0.1, -0.05) is 5.16 Å². The van der Waals surface area contributed by atoms with Crippen molar-refractivity contribution in [2.24, 2.45) is 0 Å². The summed E-state index contributed by atoms with van der Waals surface area (Å²) in [5.74, 6) is -0.210. The van der Waals surface area contributed by atoms with Crippen LogP contribution in [-0.4, -0.2) is 19.4 Å². The Hall–Kier alpha value is -1.76. The van der Waals surface area contributed by atoms with Gasteiger partial charge in [0, 0.05) is 10.0 Å². The second-order valence-electron chi connectivity index (χ2n) is 3.39. The van der Waals surface area contributed by atoms with E-state index >= 15 is 0 Å². The highest BCUT2D eigenvalue weighted by Gasteiger charge is 2.23. The van der Waals surface area contributed by atoms with Crippen molar-refractivity contribution in [1.29, 1.82) is 0 Å². The molecule has 1 aromatic carbocycles. The molecule has 0 fully saturated rings. The number of rotatable bonds is 3. The highest BCUT2D eigenvalue weighted by Crippen LogP contribution is 2.46. The van der Waals surface area contributed by atoms with Crippen LogP contribution in [0.5, 0.6) is 11.5 Å². The highest BCUT2D eigenvalue weighted by molar-refractivity contribution is 9.10. The Morgan fingerprint density at radius 2 is 2.00 bits per heavy atom.